The maximum Gasteiger partial charge on any atom is 0.220 e. The normalized spacial score (nSPS) is 10.8. The maximum atomic E-state index is 12.1. The van der Waals surface area contributed by atoms with E-state index in [0.29, 0.717) is 12.8 Å². The van der Waals surface area contributed by atoms with E-state index in [1.54, 1.807) is 12.4 Å². The third-order valence-electron chi connectivity index (χ3n) is 3.53. The van der Waals surface area contributed by atoms with Gasteiger partial charge in [0, 0.05) is 24.5 Å². The molecular weight excluding hydrogens is 333 g/mol. The number of nitrogens with two attached hydrogens (primary N) is 1. The number of para-hydroxylation sites is 1. The monoisotopic (exact) mass is 355 g/mol. The minimum atomic E-state index is 0. The van der Waals surface area contributed by atoms with E-state index in [9.17, 15) is 4.79 Å². The Bertz CT molecular complexity index is 593. The van der Waals surface area contributed by atoms with Crippen LogP contribution in [-0.4, -0.2) is 10.9 Å². The second-order valence-electron chi connectivity index (χ2n) is 5.01. The molecule has 2 aromatic rings. The number of aromatic nitrogens is 1. The van der Waals surface area contributed by atoms with Gasteiger partial charge in [-0.25, -0.2) is 0 Å². The van der Waals surface area contributed by atoms with Crippen LogP contribution in [0.1, 0.15) is 36.9 Å². The molecule has 0 aliphatic rings. The van der Waals surface area contributed by atoms with Gasteiger partial charge in [0.25, 0.3) is 0 Å². The number of anilines is 1. The van der Waals surface area contributed by atoms with Crippen LogP contribution in [0.15, 0.2) is 48.8 Å². The van der Waals surface area contributed by atoms with Crippen molar-refractivity contribution in [1.29, 1.82) is 0 Å². The smallest absolute Gasteiger partial charge is 0.220 e. The third kappa shape index (κ3) is 6.47. The molecule has 0 saturated carbocycles. The number of hydrogen-bond donors (Lipinski definition) is 2. The number of benzene rings is 1. The summed E-state index contributed by atoms with van der Waals surface area (Å²) >= 11 is 0. The van der Waals surface area contributed by atoms with Crippen LogP contribution in [0, 0.1) is 0 Å². The summed E-state index contributed by atoms with van der Waals surface area (Å²) in [7, 11) is 0. The number of carbonyl (C=O) groups is 1. The lowest BCUT2D eigenvalue weighted by molar-refractivity contribution is -0.121. The molecule has 0 spiro atoms. The number of amides is 1. The molecule has 1 aromatic heterocycles. The van der Waals surface area contributed by atoms with Gasteiger partial charge in [0.05, 0.1) is 6.04 Å². The number of nitrogens with zero attached hydrogens (tertiary/aromatic N) is 1. The zero-order valence-electron chi connectivity index (χ0n) is 13.1. The standard InChI is InChI=1S/C17H21N3O.2ClH/c1-2-16(14-9-11-19-12-10-14)20-17(21)8-7-13-5-3-4-6-15(13)18;;/h3-6,9-12,16H,2,7-8,18H2,1H3,(H,20,21);2*1H. The van der Waals surface area contributed by atoms with Crippen molar-refractivity contribution >= 4 is 36.4 Å². The molecule has 0 bridgehead atoms. The van der Waals surface area contributed by atoms with E-state index in [1.807, 2.05) is 36.4 Å². The molecular formula is C17H23Cl2N3O. The quantitative estimate of drug-likeness (QED) is 0.776. The second kappa shape index (κ2) is 10.9. The van der Waals surface area contributed by atoms with E-state index in [4.69, 9.17) is 5.73 Å². The molecule has 0 aliphatic heterocycles. The van der Waals surface area contributed by atoms with Crippen LogP contribution in [-0.2, 0) is 11.2 Å². The maximum absolute atomic E-state index is 12.1. The van der Waals surface area contributed by atoms with Crippen LogP contribution in [0.4, 0.5) is 5.69 Å². The number of carbonyl (C=O) groups excluding carboxylic acids is 1. The SMILES string of the molecule is CCC(NC(=O)CCc1ccccc1N)c1ccncc1.Cl.Cl. The zero-order chi connectivity index (χ0) is 15.1. The van der Waals surface area contributed by atoms with E-state index in [2.05, 4.69) is 17.2 Å². The molecule has 1 amide bonds. The van der Waals surface area contributed by atoms with E-state index in [1.165, 1.54) is 0 Å². The first-order valence-electron chi connectivity index (χ1n) is 7.23. The van der Waals surface area contributed by atoms with Crippen LogP contribution < -0.4 is 11.1 Å². The molecule has 1 aromatic carbocycles. The third-order valence-corrected chi connectivity index (χ3v) is 3.53. The van der Waals surface area contributed by atoms with Crippen molar-refractivity contribution in [3.8, 4) is 0 Å². The summed E-state index contributed by atoms with van der Waals surface area (Å²) < 4.78 is 0. The van der Waals surface area contributed by atoms with E-state index in [0.717, 1.165) is 23.2 Å². The predicted molar refractivity (Wildman–Crippen MR) is 99.1 cm³/mol. The highest BCUT2D eigenvalue weighted by molar-refractivity contribution is 5.85. The van der Waals surface area contributed by atoms with Crippen LogP contribution >= 0.6 is 24.8 Å². The van der Waals surface area contributed by atoms with Gasteiger partial charge < -0.3 is 11.1 Å². The van der Waals surface area contributed by atoms with Crippen molar-refractivity contribution in [3.63, 3.8) is 0 Å². The lowest BCUT2D eigenvalue weighted by Crippen LogP contribution is -2.28. The first-order valence-corrected chi connectivity index (χ1v) is 7.23. The number of nitrogen functional groups attached to an aromatic ring is 1. The summed E-state index contributed by atoms with van der Waals surface area (Å²) in [6, 6.07) is 11.6. The molecule has 0 radical (unpaired) electrons. The number of nitrogens with one attached hydrogen (secondary N) is 1. The van der Waals surface area contributed by atoms with Crippen LogP contribution in [0.2, 0.25) is 0 Å². The van der Waals surface area contributed by atoms with Crippen molar-refractivity contribution in [1.82, 2.24) is 10.3 Å². The zero-order valence-corrected chi connectivity index (χ0v) is 14.7. The summed E-state index contributed by atoms with van der Waals surface area (Å²) in [5, 5.41) is 3.07. The highest BCUT2D eigenvalue weighted by Gasteiger charge is 2.12. The lowest BCUT2D eigenvalue weighted by Gasteiger charge is -2.17. The number of pyridine rings is 1. The fourth-order valence-electron chi connectivity index (χ4n) is 2.29. The Morgan fingerprint density at radius 1 is 1.17 bits per heavy atom. The highest BCUT2D eigenvalue weighted by Crippen LogP contribution is 2.16. The summed E-state index contributed by atoms with van der Waals surface area (Å²) in [6.45, 7) is 2.06. The van der Waals surface area contributed by atoms with Gasteiger partial charge in [-0.1, -0.05) is 25.1 Å². The molecule has 0 fully saturated rings. The number of halogens is 2. The Kier molecular flexibility index (Phi) is 10.0. The van der Waals surface area contributed by atoms with E-state index in [-0.39, 0.29) is 36.8 Å². The lowest BCUT2D eigenvalue weighted by atomic mass is 10.0. The summed E-state index contributed by atoms with van der Waals surface area (Å²) in [6.07, 6.45) is 5.44. The van der Waals surface area contributed by atoms with Crippen LogP contribution in [0.25, 0.3) is 0 Å². The first-order chi connectivity index (χ1) is 10.2. The second-order valence-corrected chi connectivity index (χ2v) is 5.01. The molecule has 4 nitrogen and oxygen atoms in total. The molecule has 3 N–H and O–H groups in total. The minimum Gasteiger partial charge on any atom is -0.399 e. The van der Waals surface area contributed by atoms with E-state index < -0.39 is 0 Å². The van der Waals surface area contributed by atoms with Crippen molar-refractivity contribution < 1.29 is 4.79 Å². The molecule has 1 unspecified atom stereocenters. The van der Waals surface area contributed by atoms with E-state index >= 15 is 0 Å². The predicted octanol–water partition coefficient (Wildman–Crippen LogP) is 3.71. The number of hydrogen-bond acceptors (Lipinski definition) is 3. The molecule has 23 heavy (non-hydrogen) atoms. The van der Waals surface area contributed by atoms with Crippen molar-refractivity contribution in [2.24, 2.45) is 0 Å². The molecule has 0 aliphatic carbocycles. The Balaban J connectivity index is 0.00000242. The van der Waals surface area contributed by atoms with Gasteiger partial charge >= 0.3 is 0 Å². The van der Waals surface area contributed by atoms with Gasteiger partial charge in [0.2, 0.25) is 5.91 Å². The highest BCUT2D eigenvalue weighted by atomic mass is 35.5. The van der Waals surface area contributed by atoms with Gasteiger partial charge in [0.15, 0.2) is 0 Å². The Morgan fingerprint density at radius 2 is 1.83 bits per heavy atom. The minimum absolute atomic E-state index is 0. The molecule has 1 heterocycles. The van der Waals surface area contributed by atoms with Gasteiger partial charge in [-0.05, 0) is 42.2 Å². The van der Waals surface area contributed by atoms with Crippen molar-refractivity contribution in [3.05, 3.63) is 59.9 Å². The van der Waals surface area contributed by atoms with Crippen LogP contribution in [0.3, 0.4) is 0 Å². The number of rotatable bonds is 6. The van der Waals surface area contributed by atoms with Gasteiger partial charge in [0.1, 0.15) is 0 Å². The van der Waals surface area contributed by atoms with Gasteiger partial charge in [-0.3, -0.25) is 9.78 Å². The molecule has 126 valence electrons. The topological polar surface area (TPSA) is 68.0 Å². The average molecular weight is 356 g/mol. The number of aryl methyl sites for hydroxylation is 1. The Morgan fingerprint density at radius 3 is 2.43 bits per heavy atom. The van der Waals surface area contributed by atoms with Gasteiger partial charge in [-0.2, -0.15) is 0 Å². The molecule has 1 atom stereocenters. The summed E-state index contributed by atoms with van der Waals surface area (Å²) in [5.41, 5.74) is 8.73. The largest absolute Gasteiger partial charge is 0.399 e. The summed E-state index contributed by atoms with van der Waals surface area (Å²) in [5.74, 6) is 0.0434. The Hall–Kier alpha value is -1.78. The Labute approximate surface area is 149 Å². The fourth-order valence-corrected chi connectivity index (χ4v) is 2.29. The molecule has 0 saturated heterocycles. The first kappa shape index (κ1) is 21.2. The molecule has 6 heteroatoms. The van der Waals surface area contributed by atoms with Crippen molar-refractivity contribution in [2.45, 2.75) is 32.2 Å². The van der Waals surface area contributed by atoms with Crippen molar-refractivity contribution in [2.75, 3.05) is 5.73 Å². The molecule has 2 rings (SSSR count). The summed E-state index contributed by atoms with van der Waals surface area (Å²) in [4.78, 5) is 16.1. The fraction of sp³-hybridized carbons (Fsp3) is 0.294. The van der Waals surface area contributed by atoms with Gasteiger partial charge in [-0.15, -0.1) is 24.8 Å². The average Bonchev–Trinajstić information content (AvgIpc) is 2.52. The van der Waals surface area contributed by atoms with Crippen LogP contribution in [0.5, 0.6) is 0 Å².